The number of carboxylic acids is 1. The Balaban J connectivity index is 2.48. The molecule has 1 rings (SSSR count). The fraction of sp³-hybridized carbons (Fsp3) is 0.462. The zero-order valence-electron chi connectivity index (χ0n) is 11.5. The Morgan fingerprint density at radius 3 is 2.18 bits per heavy atom. The molecule has 0 unspecified atom stereocenters. The number of hydrogen-bond donors (Lipinski definition) is 1. The minimum atomic E-state index is -3.60. The summed E-state index contributed by atoms with van der Waals surface area (Å²) in [4.78, 5) is 10.5. The molecule has 0 radical (unpaired) electrons. The minimum absolute atomic E-state index is 0.145. The lowest BCUT2D eigenvalue weighted by molar-refractivity contribution is -0.137. The molecule has 0 amide bonds. The predicted molar refractivity (Wildman–Crippen MR) is 94.7 cm³/mol. The van der Waals surface area contributed by atoms with Gasteiger partial charge in [0.1, 0.15) is 5.75 Å². The Kier molecular flexibility index (Phi) is 7.84. The fourth-order valence-corrected chi connectivity index (χ4v) is 4.04. The third-order valence-corrected chi connectivity index (χ3v) is 8.08. The molecule has 0 spiro atoms. The number of benzene rings is 1. The van der Waals surface area contributed by atoms with Gasteiger partial charge in [0.15, 0.2) is 0 Å². The molecule has 22 heavy (non-hydrogen) atoms. The van der Waals surface area contributed by atoms with Crippen LogP contribution in [0, 0.1) is 0 Å². The molecular formula is C13H15Br3O5S. The van der Waals surface area contributed by atoms with Gasteiger partial charge in [-0.2, -0.15) is 0 Å². The standard InChI is InChI=1S/C13H15Br3O5S/c14-13(15,16)22(19,20)11-7-5-10(6-8-11)21-9-3-1-2-4-12(17)18/h5-8H,1-4,9H2,(H,17,18). The molecule has 0 aliphatic rings. The van der Waals surface area contributed by atoms with Crippen molar-refractivity contribution in [2.75, 3.05) is 6.61 Å². The number of carboxylic acid groups (broad SMARTS) is 1. The van der Waals surface area contributed by atoms with Crippen LogP contribution < -0.4 is 4.74 Å². The molecule has 0 saturated carbocycles. The topological polar surface area (TPSA) is 80.7 Å². The number of halogens is 3. The lowest BCUT2D eigenvalue weighted by Crippen LogP contribution is -2.17. The number of aliphatic carboxylic acids is 1. The second-order valence-electron chi connectivity index (χ2n) is 4.47. The number of rotatable bonds is 8. The molecule has 0 aliphatic heterocycles. The smallest absolute Gasteiger partial charge is 0.303 e. The average molecular weight is 523 g/mol. The maximum absolute atomic E-state index is 12.1. The molecule has 5 nitrogen and oxygen atoms in total. The first-order valence-corrected chi connectivity index (χ1v) is 10.3. The van der Waals surface area contributed by atoms with Gasteiger partial charge in [-0.25, -0.2) is 8.42 Å². The molecular weight excluding hydrogens is 508 g/mol. The van der Waals surface area contributed by atoms with Crippen LogP contribution >= 0.6 is 47.8 Å². The molecule has 0 atom stereocenters. The van der Waals surface area contributed by atoms with Gasteiger partial charge in [0.05, 0.1) is 11.5 Å². The summed E-state index contributed by atoms with van der Waals surface area (Å²) in [6.07, 6.45) is 2.32. The molecule has 1 N–H and O–H groups in total. The van der Waals surface area contributed by atoms with E-state index < -0.39 is 17.3 Å². The zero-order chi connectivity index (χ0) is 16.8. The van der Waals surface area contributed by atoms with Gasteiger partial charge < -0.3 is 9.84 Å². The fourth-order valence-electron chi connectivity index (χ4n) is 1.59. The van der Waals surface area contributed by atoms with Gasteiger partial charge in [-0.3, -0.25) is 4.79 Å². The van der Waals surface area contributed by atoms with Crippen molar-refractivity contribution in [3.05, 3.63) is 24.3 Å². The first kappa shape index (κ1) is 19.9. The van der Waals surface area contributed by atoms with Gasteiger partial charge in [0.2, 0.25) is 11.3 Å². The van der Waals surface area contributed by atoms with Gasteiger partial charge in [0, 0.05) is 6.42 Å². The molecule has 9 heteroatoms. The number of unbranched alkanes of at least 4 members (excludes halogenated alkanes) is 2. The van der Waals surface area contributed by atoms with Crippen LogP contribution in [0.4, 0.5) is 0 Å². The van der Waals surface area contributed by atoms with E-state index >= 15 is 0 Å². The van der Waals surface area contributed by atoms with Gasteiger partial charge in [-0.15, -0.1) is 0 Å². The SMILES string of the molecule is O=C(O)CCCCCOc1ccc(S(=O)(=O)C(Br)(Br)Br)cc1. The molecule has 0 aliphatic carbocycles. The van der Waals surface area contributed by atoms with E-state index in [1.807, 2.05) is 0 Å². The van der Waals surface area contributed by atoms with Crippen LogP contribution in [0.1, 0.15) is 25.7 Å². The molecule has 1 aromatic rings. The summed E-state index contributed by atoms with van der Waals surface area (Å²) in [6.45, 7) is 0.463. The molecule has 0 aromatic heterocycles. The van der Waals surface area contributed by atoms with Crippen molar-refractivity contribution in [3.8, 4) is 5.75 Å². The Hall–Kier alpha value is -0.120. The molecule has 0 bridgehead atoms. The highest BCUT2D eigenvalue weighted by molar-refractivity contribution is 9.42. The van der Waals surface area contributed by atoms with Crippen molar-refractivity contribution < 1.29 is 23.1 Å². The Bertz CT molecular complexity index is 593. The number of ether oxygens (including phenoxy) is 1. The number of hydrogen-bond acceptors (Lipinski definition) is 4. The Morgan fingerprint density at radius 2 is 1.68 bits per heavy atom. The van der Waals surface area contributed by atoms with Crippen molar-refractivity contribution in [2.24, 2.45) is 0 Å². The van der Waals surface area contributed by atoms with Crippen LogP contribution in [-0.4, -0.2) is 27.6 Å². The lowest BCUT2D eigenvalue weighted by atomic mass is 10.2. The van der Waals surface area contributed by atoms with Gasteiger partial charge in [-0.1, -0.05) is 0 Å². The monoisotopic (exact) mass is 520 g/mol. The van der Waals surface area contributed by atoms with E-state index in [4.69, 9.17) is 9.84 Å². The summed E-state index contributed by atoms with van der Waals surface area (Å²) in [5.41, 5.74) is 0. The van der Waals surface area contributed by atoms with E-state index in [9.17, 15) is 13.2 Å². The summed E-state index contributed by atoms with van der Waals surface area (Å²) in [7, 11) is -3.60. The molecule has 0 heterocycles. The highest BCUT2D eigenvalue weighted by atomic mass is 80.0. The highest BCUT2D eigenvalue weighted by Gasteiger charge is 2.37. The largest absolute Gasteiger partial charge is 0.494 e. The van der Waals surface area contributed by atoms with Crippen LogP contribution in [0.15, 0.2) is 29.2 Å². The second kappa shape index (κ2) is 8.65. The van der Waals surface area contributed by atoms with E-state index in [0.717, 1.165) is 12.8 Å². The van der Waals surface area contributed by atoms with E-state index in [1.165, 1.54) is 12.1 Å². The summed E-state index contributed by atoms with van der Waals surface area (Å²) in [5, 5.41) is 8.51. The maximum Gasteiger partial charge on any atom is 0.303 e. The molecule has 1 aromatic carbocycles. The van der Waals surface area contributed by atoms with Crippen molar-refractivity contribution in [2.45, 2.75) is 32.1 Å². The quantitative estimate of drug-likeness (QED) is 0.407. The van der Waals surface area contributed by atoms with Gasteiger partial charge in [0.25, 0.3) is 0 Å². The predicted octanol–water partition coefficient (Wildman–Crippen LogP) is 4.28. The molecule has 124 valence electrons. The normalized spacial score (nSPS) is 12.1. The third-order valence-electron chi connectivity index (χ3n) is 2.74. The number of sulfone groups is 1. The molecule has 0 saturated heterocycles. The zero-order valence-corrected chi connectivity index (χ0v) is 17.0. The molecule has 0 fully saturated rings. The van der Waals surface area contributed by atoms with E-state index in [1.54, 1.807) is 12.1 Å². The third kappa shape index (κ3) is 6.17. The highest BCUT2D eigenvalue weighted by Crippen LogP contribution is 2.43. The first-order chi connectivity index (χ1) is 10.1. The van der Waals surface area contributed by atoms with Crippen LogP contribution in [0.2, 0.25) is 0 Å². The summed E-state index contributed by atoms with van der Waals surface area (Å²) in [5.74, 6) is -0.222. The van der Waals surface area contributed by atoms with Gasteiger partial charge >= 0.3 is 5.97 Å². The van der Waals surface area contributed by atoms with Crippen LogP contribution in [-0.2, 0) is 14.6 Å². The number of carbonyl (C=O) groups is 1. The van der Waals surface area contributed by atoms with Crippen molar-refractivity contribution in [1.29, 1.82) is 0 Å². The minimum Gasteiger partial charge on any atom is -0.494 e. The van der Waals surface area contributed by atoms with Crippen LogP contribution in [0.25, 0.3) is 0 Å². The van der Waals surface area contributed by atoms with Gasteiger partial charge in [-0.05, 0) is 91.3 Å². The summed E-state index contributed by atoms with van der Waals surface area (Å²) >= 11 is 9.01. The first-order valence-electron chi connectivity index (χ1n) is 6.40. The van der Waals surface area contributed by atoms with Crippen molar-refractivity contribution in [1.82, 2.24) is 0 Å². The number of alkyl halides is 3. The van der Waals surface area contributed by atoms with Crippen LogP contribution in [0.3, 0.4) is 0 Å². The summed E-state index contributed by atoms with van der Waals surface area (Å²) in [6, 6.07) is 6.10. The van der Waals surface area contributed by atoms with Crippen molar-refractivity contribution in [3.63, 3.8) is 0 Å². The second-order valence-corrected chi connectivity index (χ2v) is 14.9. The van der Waals surface area contributed by atoms with E-state index in [2.05, 4.69) is 47.8 Å². The van der Waals surface area contributed by atoms with E-state index in [0.29, 0.717) is 18.8 Å². The Morgan fingerprint density at radius 1 is 1.09 bits per heavy atom. The van der Waals surface area contributed by atoms with Crippen molar-refractivity contribution >= 4 is 63.6 Å². The summed E-state index contributed by atoms with van der Waals surface area (Å²) < 4.78 is 28.3. The maximum atomic E-state index is 12.1. The van der Waals surface area contributed by atoms with Crippen LogP contribution in [0.5, 0.6) is 5.75 Å². The Labute approximate surface area is 154 Å². The average Bonchev–Trinajstić information content (AvgIpc) is 2.41. The van der Waals surface area contributed by atoms with E-state index in [-0.39, 0.29) is 11.3 Å². The lowest BCUT2D eigenvalue weighted by Gasteiger charge is -2.14.